The second-order valence-electron chi connectivity index (χ2n) is 4.65. The molecule has 0 heterocycles. The molecular weight excluding hydrogens is 261 g/mol. The summed E-state index contributed by atoms with van der Waals surface area (Å²) in [5, 5.41) is 3.64. The zero-order valence-corrected chi connectivity index (χ0v) is 11.6. The lowest BCUT2D eigenvalue weighted by Crippen LogP contribution is -2.07. The fourth-order valence-electron chi connectivity index (χ4n) is 2.00. The summed E-state index contributed by atoms with van der Waals surface area (Å²) < 4.78 is 13.5. The predicted molar refractivity (Wildman–Crippen MR) is 79.4 cm³/mol. The zero-order valence-electron chi connectivity index (χ0n) is 10.9. The molecule has 2 rings (SSSR count). The van der Waals surface area contributed by atoms with Crippen LogP contribution in [0.4, 0.5) is 10.1 Å². The molecule has 0 bridgehead atoms. The number of benzene rings is 2. The fourth-order valence-corrected chi connectivity index (χ4v) is 2.18. The molecule has 0 saturated heterocycles. The van der Waals surface area contributed by atoms with Crippen LogP contribution in [-0.2, 0) is 0 Å². The molecule has 3 heteroatoms. The highest BCUT2D eigenvalue weighted by atomic mass is 35.5. The molecule has 19 heavy (non-hydrogen) atoms. The lowest BCUT2D eigenvalue weighted by atomic mass is 9.98. The van der Waals surface area contributed by atoms with Crippen LogP contribution in [0.25, 0.3) is 0 Å². The normalized spacial score (nSPS) is 12.2. The van der Waals surface area contributed by atoms with Gasteiger partial charge in [-0.2, -0.15) is 0 Å². The van der Waals surface area contributed by atoms with Crippen molar-refractivity contribution in [3.63, 3.8) is 0 Å². The first-order valence-corrected chi connectivity index (χ1v) is 6.78. The summed E-state index contributed by atoms with van der Waals surface area (Å²) in [4.78, 5) is 0. The smallest absolute Gasteiger partial charge is 0.146 e. The number of halogens is 2. The molecule has 100 valence electrons. The van der Waals surface area contributed by atoms with Crippen LogP contribution < -0.4 is 5.32 Å². The zero-order chi connectivity index (χ0) is 13.7. The Kier molecular flexibility index (Phi) is 4.80. The molecular formula is C16H17ClFN. The first-order chi connectivity index (χ1) is 9.16. The Hall–Kier alpha value is -1.54. The number of anilines is 1. The van der Waals surface area contributed by atoms with Gasteiger partial charge < -0.3 is 5.32 Å². The van der Waals surface area contributed by atoms with E-state index in [1.807, 2.05) is 18.2 Å². The maximum absolute atomic E-state index is 13.5. The van der Waals surface area contributed by atoms with E-state index in [9.17, 15) is 4.39 Å². The maximum Gasteiger partial charge on any atom is 0.146 e. The Morgan fingerprint density at radius 1 is 1.16 bits per heavy atom. The summed E-state index contributed by atoms with van der Waals surface area (Å²) in [6, 6.07) is 14.9. The molecule has 1 N–H and O–H groups in total. The van der Waals surface area contributed by atoms with Crippen LogP contribution in [0, 0.1) is 5.82 Å². The maximum atomic E-state index is 13.5. The van der Waals surface area contributed by atoms with Gasteiger partial charge in [0.2, 0.25) is 0 Å². The molecule has 0 spiro atoms. The van der Waals surface area contributed by atoms with E-state index < -0.39 is 0 Å². The van der Waals surface area contributed by atoms with E-state index in [0.29, 0.717) is 23.2 Å². The van der Waals surface area contributed by atoms with Crippen molar-refractivity contribution in [1.29, 1.82) is 0 Å². The first kappa shape index (κ1) is 13.9. The lowest BCUT2D eigenvalue weighted by molar-refractivity contribution is 0.627. The van der Waals surface area contributed by atoms with E-state index in [-0.39, 0.29) is 5.82 Å². The molecule has 0 aromatic heterocycles. The predicted octanol–water partition coefficient (Wildman–Crippen LogP) is 5.08. The second-order valence-corrected chi connectivity index (χ2v) is 5.09. The Labute approximate surface area is 118 Å². The van der Waals surface area contributed by atoms with Crippen molar-refractivity contribution in [2.75, 3.05) is 11.9 Å². The molecule has 0 saturated carbocycles. The summed E-state index contributed by atoms with van der Waals surface area (Å²) >= 11 is 5.85. The Balaban J connectivity index is 1.88. The Morgan fingerprint density at radius 2 is 1.89 bits per heavy atom. The SMILES string of the molecule is CC(CCNc1cc(Cl)ccc1F)c1ccccc1. The number of hydrogen-bond donors (Lipinski definition) is 1. The van der Waals surface area contributed by atoms with Crippen LogP contribution in [0.15, 0.2) is 48.5 Å². The van der Waals surface area contributed by atoms with Gasteiger partial charge in [-0.25, -0.2) is 4.39 Å². The summed E-state index contributed by atoms with van der Waals surface area (Å²) in [5.41, 5.74) is 1.77. The molecule has 1 unspecified atom stereocenters. The number of rotatable bonds is 5. The monoisotopic (exact) mass is 277 g/mol. The highest BCUT2D eigenvalue weighted by Gasteiger charge is 2.06. The van der Waals surface area contributed by atoms with Crippen LogP contribution in [-0.4, -0.2) is 6.54 Å². The van der Waals surface area contributed by atoms with E-state index >= 15 is 0 Å². The van der Waals surface area contributed by atoms with Crippen molar-refractivity contribution in [3.05, 3.63) is 64.9 Å². The van der Waals surface area contributed by atoms with Gasteiger partial charge >= 0.3 is 0 Å². The molecule has 0 radical (unpaired) electrons. The van der Waals surface area contributed by atoms with Crippen LogP contribution in [0.3, 0.4) is 0 Å². The van der Waals surface area contributed by atoms with E-state index in [4.69, 9.17) is 11.6 Å². The molecule has 0 amide bonds. The third-order valence-electron chi connectivity index (χ3n) is 3.19. The largest absolute Gasteiger partial charge is 0.383 e. The van der Waals surface area contributed by atoms with Gasteiger partial charge in [-0.1, -0.05) is 48.9 Å². The van der Waals surface area contributed by atoms with Gasteiger partial charge in [-0.05, 0) is 36.1 Å². The van der Waals surface area contributed by atoms with Crippen molar-refractivity contribution in [1.82, 2.24) is 0 Å². The minimum atomic E-state index is -0.267. The molecule has 2 aromatic rings. The highest BCUT2D eigenvalue weighted by molar-refractivity contribution is 6.30. The summed E-state index contributed by atoms with van der Waals surface area (Å²) in [7, 11) is 0. The second kappa shape index (κ2) is 6.58. The first-order valence-electron chi connectivity index (χ1n) is 6.40. The average molecular weight is 278 g/mol. The lowest BCUT2D eigenvalue weighted by Gasteiger charge is -2.13. The van der Waals surface area contributed by atoms with E-state index in [1.165, 1.54) is 11.6 Å². The summed E-state index contributed by atoms with van der Waals surface area (Å²) in [6.45, 7) is 2.89. The third kappa shape index (κ3) is 3.97. The topological polar surface area (TPSA) is 12.0 Å². The van der Waals surface area contributed by atoms with Crippen LogP contribution in [0.5, 0.6) is 0 Å². The van der Waals surface area contributed by atoms with Crippen molar-refractivity contribution in [2.24, 2.45) is 0 Å². The third-order valence-corrected chi connectivity index (χ3v) is 3.42. The van der Waals surface area contributed by atoms with E-state index in [2.05, 4.69) is 24.4 Å². The van der Waals surface area contributed by atoms with Crippen molar-refractivity contribution >= 4 is 17.3 Å². The van der Waals surface area contributed by atoms with E-state index in [1.54, 1.807) is 12.1 Å². The van der Waals surface area contributed by atoms with Gasteiger partial charge in [-0.15, -0.1) is 0 Å². The van der Waals surface area contributed by atoms with Crippen LogP contribution in [0.1, 0.15) is 24.8 Å². The summed E-state index contributed by atoms with van der Waals surface area (Å²) in [5.74, 6) is 0.174. The van der Waals surface area contributed by atoms with Gasteiger partial charge in [0.15, 0.2) is 0 Å². The molecule has 0 fully saturated rings. The van der Waals surface area contributed by atoms with Crippen LogP contribution in [0.2, 0.25) is 5.02 Å². The van der Waals surface area contributed by atoms with Crippen LogP contribution >= 0.6 is 11.6 Å². The number of hydrogen-bond acceptors (Lipinski definition) is 1. The van der Waals surface area contributed by atoms with Crippen molar-refractivity contribution in [2.45, 2.75) is 19.3 Å². The minimum absolute atomic E-state index is 0.267. The van der Waals surface area contributed by atoms with Crippen molar-refractivity contribution < 1.29 is 4.39 Å². The molecule has 1 nitrogen and oxygen atoms in total. The fraction of sp³-hybridized carbons (Fsp3) is 0.250. The molecule has 0 aliphatic heterocycles. The number of nitrogens with one attached hydrogen (secondary N) is 1. The van der Waals surface area contributed by atoms with Gasteiger partial charge in [0, 0.05) is 11.6 Å². The summed E-state index contributed by atoms with van der Waals surface area (Å²) in [6.07, 6.45) is 0.940. The standard InChI is InChI=1S/C16H17ClFN/c1-12(13-5-3-2-4-6-13)9-10-19-16-11-14(17)7-8-15(16)18/h2-8,11-12,19H,9-10H2,1H3. The molecule has 2 aromatic carbocycles. The highest BCUT2D eigenvalue weighted by Crippen LogP contribution is 2.21. The minimum Gasteiger partial charge on any atom is -0.383 e. The van der Waals surface area contributed by atoms with E-state index in [0.717, 1.165) is 6.42 Å². The van der Waals surface area contributed by atoms with Gasteiger partial charge in [0.25, 0.3) is 0 Å². The average Bonchev–Trinajstić information content (AvgIpc) is 2.43. The Morgan fingerprint density at radius 3 is 2.63 bits per heavy atom. The van der Waals surface area contributed by atoms with Gasteiger partial charge in [0.1, 0.15) is 5.82 Å². The van der Waals surface area contributed by atoms with Gasteiger partial charge in [0.05, 0.1) is 5.69 Å². The molecule has 0 aliphatic carbocycles. The van der Waals surface area contributed by atoms with Gasteiger partial charge in [-0.3, -0.25) is 0 Å². The quantitative estimate of drug-likeness (QED) is 0.803. The van der Waals surface area contributed by atoms with Crippen molar-refractivity contribution in [3.8, 4) is 0 Å². The Bertz CT molecular complexity index is 528. The molecule has 0 aliphatic rings. The molecule has 1 atom stereocenters.